The Morgan fingerprint density at radius 3 is 2.32 bits per heavy atom. The van der Waals surface area contributed by atoms with E-state index in [9.17, 15) is 15.4 Å². The van der Waals surface area contributed by atoms with Gasteiger partial charge in [-0.15, -0.1) is 0 Å². The van der Waals surface area contributed by atoms with Crippen LogP contribution in [0.4, 0.5) is 5.69 Å². The predicted octanol–water partition coefficient (Wildman–Crippen LogP) is 3.55. The highest BCUT2D eigenvalue weighted by Crippen LogP contribution is 2.36. The summed E-state index contributed by atoms with van der Waals surface area (Å²) in [6.45, 7) is 9.35. The SMILES string of the molecule is CC(C)Oc1c(C#N)cc(C(C)(C)C)cc1[N+](=O)[O-]. The van der Waals surface area contributed by atoms with Gasteiger partial charge in [-0.1, -0.05) is 20.8 Å². The van der Waals surface area contributed by atoms with Gasteiger partial charge in [-0.25, -0.2) is 0 Å². The second kappa shape index (κ2) is 5.27. The maximum Gasteiger partial charge on any atom is 0.312 e. The lowest BCUT2D eigenvalue weighted by Crippen LogP contribution is -2.14. The van der Waals surface area contributed by atoms with Gasteiger partial charge in [0.25, 0.3) is 0 Å². The van der Waals surface area contributed by atoms with Gasteiger partial charge in [0.2, 0.25) is 5.75 Å². The smallest absolute Gasteiger partial charge is 0.312 e. The first-order valence-electron chi connectivity index (χ1n) is 6.06. The maximum absolute atomic E-state index is 11.2. The number of nitriles is 1. The molecule has 1 aromatic carbocycles. The average Bonchev–Trinajstić information content (AvgIpc) is 2.26. The van der Waals surface area contributed by atoms with E-state index < -0.39 is 4.92 Å². The number of benzene rings is 1. The van der Waals surface area contributed by atoms with Crippen LogP contribution in [0.3, 0.4) is 0 Å². The summed E-state index contributed by atoms with van der Waals surface area (Å²) in [5.74, 6) is 0.0514. The molecule has 0 radical (unpaired) electrons. The van der Waals surface area contributed by atoms with Gasteiger partial charge in [-0.2, -0.15) is 5.26 Å². The molecule has 0 aliphatic carbocycles. The number of hydrogen-bond donors (Lipinski definition) is 0. The summed E-state index contributed by atoms with van der Waals surface area (Å²) in [6, 6.07) is 5.12. The van der Waals surface area contributed by atoms with Crippen molar-refractivity contribution in [1.82, 2.24) is 0 Å². The lowest BCUT2D eigenvalue weighted by Gasteiger charge is -2.20. The second-order valence-corrected chi connectivity index (χ2v) is 5.66. The molecule has 0 N–H and O–H groups in total. The van der Waals surface area contributed by atoms with Gasteiger partial charge in [0.15, 0.2) is 0 Å². The van der Waals surface area contributed by atoms with Crippen molar-refractivity contribution in [2.75, 3.05) is 0 Å². The van der Waals surface area contributed by atoms with Crippen molar-refractivity contribution in [3.05, 3.63) is 33.4 Å². The fourth-order valence-electron chi connectivity index (χ4n) is 1.62. The maximum atomic E-state index is 11.2. The monoisotopic (exact) mass is 262 g/mol. The summed E-state index contributed by atoms with van der Waals surface area (Å²) in [5.41, 5.74) is 0.518. The Hall–Kier alpha value is -2.09. The summed E-state index contributed by atoms with van der Waals surface area (Å²) in [7, 11) is 0. The summed E-state index contributed by atoms with van der Waals surface area (Å²) in [5, 5.41) is 20.3. The van der Waals surface area contributed by atoms with Gasteiger partial charge < -0.3 is 4.74 Å². The molecule has 0 aliphatic rings. The van der Waals surface area contributed by atoms with E-state index in [-0.39, 0.29) is 28.5 Å². The minimum absolute atomic E-state index is 0.0514. The zero-order chi connectivity index (χ0) is 14.8. The van der Waals surface area contributed by atoms with Gasteiger partial charge in [0.05, 0.1) is 11.0 Å². The van der Waals surface area contributed by atoms with Crippen LogP contribution in [0, 0.1) is 21.4 Å². The highest BCUT2D eigenvalue weighted by molar-refractivity contribution is 5.59. The highest BCUT2D eigenvalue weighted by atomic mass is 16.6. The molecular formula is C14H18N2O3. The standard InChI is InChI=1S/C14H18N2O3/c1-9(2)19-13-10(8-15)6-11(14(3,4)5)7-12(13)16(17)18/h6-7,9H,1-5H3. The number of nitro groups is 1. The predicted molar refractivity (Wildman–Crippen MR) is 72.3 cm³/mol. The van der Waals surface area contributed by atoms with Crippen molar-refractivity contribution < 1.29 is 9.66 Å². The third-order valence-electron chi connectivity index (χ3n) is 2.61. The van der Waals surface area contributed by atoms with Crippen molar-refractivity contribution in [3.8, 4) is 11.8 Å². The number of nitrogens with zero attached hydrogens (tertiary/aromatic N) is 2. The molecule has 0 amide bonds. The van der Waals surface area contributed by atoms with Gasteiger partial charge in [-0.05, 0) is 30.9 Å². The molecule has 0 bridgehead atoms. The zero-order valence-corrected chi connectivity index (χ0v) is 11.9. The summed E-state index contributed by atoms with van der Waals surface area (Å²) in [4.78, 5) is 10.7. The molecule has 0 heterocycles. The zero-order valence-electron chi connectivity index (χ0n) is 11.9. The Bertz CT molecular complexity index is 537. The number of hydrogen-bond acceptors (Lipinski definition) is 4. The van der Waals surface area contributed by atoms with Crippen LogP contribution in [0.25, 0.3) is 0 Å². The first-order chi connectivity index (χ1) is 8.66. The van der Waals surface area contributed by atoms with Crippen LogP contribution in [0.2, 0.25) is 0 Å². The minimum Gasteiger partial charge on any atom is -0.483 e. The molecule has 0 unspecified atom stereocenters. The summed E-state index contributed by atoms with van der Waals surface area (Å²) in [6.07, 6.45) is -0.230. The van der Waals surface area contributed by atoms with Crippen molar-refractivity contribution in [2.45, 2.75) is 46.1 Å². The molecule has 5 nitrogen and oxygen atoms in total. The minimum atomic E-state index is -0.506. The second-order valence-electron chi connectivity index (χ2n) is 5.66. The van der Waals surface area contributed by atoms with Crippen molar-refractivity contribution in [2.24, 2.45) is 0 Å². The molecule has 0 atom stereocenters. The van der Waals surface area contributed by atoms with E-state index >= 15 is 0 Å². The Kier molecular flexibility index (Phi) is 4.15. The Balaban J connectivity index is 3.55. The van der Waals surface area contributed by atoms with E-state index in [0.29, 0.717) is 0 Å². The number of ether oxygens (including phenoxy) is 1. The largest absolute Gasteiger partial charge is 0.483 e. The first kappa shape index (κ1) is 15.0. The van der Waals surface area contributed by atoms with E-state index in [4.69, 9.17) is 4.74 Å². The topological polar surface area (TPSA) is 76.2 Å². The lowest BCUT2D eigenvalue weighted by atomic mass is 9.85. The molecule has 19 heavy (non-hydrogen) atoms. The number of nitro benzene ring substituents is 1. The van der Waals surface area contributed by atoms with Gasteiger partial charge in [0, 0.05) is 6.07 Å². The molecule has 0 fully saturated rings. The molecule has 1 rings (SSSR count). The average molecular weight is 262 g/mol. The van der Waals surface area contributed by atoms with Crippen LogP contribution in [0.1, 0.15) is 45.7 Å². The molecular weight excluding hydrogens is 244 g/mol. The van der Waals surface area contributed by atoms with Crippen LogP contribution >= 0.6 is 0 Å². The van der Waals surface area contributed by atoms with Crippen LogP contribution in [-0.4, -0.2) is 11.0 Å². The van der Waals surface area contributed by atoms with E-state index in [1.54, 1.807) is 19.9 Å². The molecule has 0 aromatic heterocycles. The lowest BCUT2D eigenvalue weighted by molar-refractivity contribution is -0.386. The molecule has 0 spiro atoms. The van der Waals surface area contributed by atoms with Crippen LogP contribution in [0.15, 0.2) is 12.1 Å². The Labute approximate surface area is 113 Å². The van der Waals surface area contributed by atoms with E-state index in [1.165, 1.54) is 6.07 Å². The molecule has 0 saturated carbocycles. The first-order valence-corrected chi connectivity index (χ1v) is 6.06. The van der Waals surface area contributed by atoms with Crippen molar-refractivity contribution >= 4 is 5.69 Å². The van der Waals surface area contributed by atoms with Gasteiger partial charge in [0.1, 0.15) is 11.6 Å². The fraction of sp³-hybridized carbons (Fsp3) is 0.500. The van der Waals surface area contributed by atoms with E-state index in [2.05, 4.69) is 0 Å². The third-order valence-corrected chi connectivity index (χ3v) is 2.61. The van der Waals surface area contributed by atoms with E-state index in [0.717, 1.165) is 5.56 Å². The fourth-order valence-corrected chi connectivity index (χ4v) is 1.62. The summed E-state index contributed by atoms with van der Waals surface area (Å²) >= 11 is 0. The van der Waals surface area contributed by atoms with Gasteiger partial charge >= 0.3 is 5.69 Å². The van der Waals surface area contributed by atoms with Crippen molar-refractivity contribution in [1.29, 1.82) is 5.26 Å². The number of rotatable bonds is 3. The van der Waals surface area contributed by atoms with Crippen LogP contribution in [0.5, 0.6) is 5.75 Å². The molecule has 0 saturated heterocycles. The Morgan fingerprint density at radius 1 is 1.37 bits per heavy atom. The third kappa shape index (κ3) is 3.44. The quantitative estimate of drug-likeness (QED) is 0.616. The molecule has 5 heteroatoms. The van der Waals surface area contributed by atoms with Gasteiger partial charge in [-0.3, -0.25) is 10.1 Å². The van der Waals surface area contributed by atoms with Crippen molar-refractivity contribution in [3.63, 3.8) is 0 Å². The van der Waals surface area contributed by atoms with E-state index in [1.807, 2.05) is 26.8 Å². The highest BCUT2D eigenvalue weighted by Gasteiger charge is 2.26. The normalized spacial score (nSPS) is 11.2. The summed E-state index contributed by atoms with van der Waals surface area (Å²) < 4.78 is 5.43. The molecule has 1 aromatic rings. The molecule has 102 valence electrons. The van der Waals surface area contributed by atoms with Crippen LogP contribution in [-0.2, 0) is 5.41 Å². The molecule has 0 aliphatic heterocycles. The Morgan fingerprint density at radius 2 is 1.95 bits per heavy atom. The van der Waals surface area contributed by atoms with Crippen LogP contribution < -0.4 is 4.74 Å².